The molecule has 20 heavy (non-hydrogen) atoms. The number of amides is 1. The number of benzene rings is 1. The van der Waals surface area contributed by atoms with E-state index < -0.39 is 28.2 Å². The monoisotopic (exact) mass is 281 g/mol. The van der Waals surface area contributed by atoms with Crippen LogP contribution in [0.3, 0.4) is 0 Å². The minimum atomic E-state index is -1.40. The van der Waals surface area contributed by atoms with Gasteiger partial charge >= 0.3 is 11.7 Å². The molecule has 0 heterocycles. The Balaban J connectivity index is 3.19. The summed E-state index contributed by atoms with van der Waals surface area (Å²) >= 11 is 0. The molecule has 0 aliphatic rings. The standard InChI is InChI=1S/C12H15N3O5/c1-7(11(16)14(2)3)13-9-6-4-5-8(12(17)18)10(9)15(19)20/h4-7,13H,1-3H3,(H,17,18). The van der Waals surface area contributed by atoms with E-state index >= 15 is 0 Å². The van der Waals surface area contributed by atoms with Gasteiger partial charge in [-0.2, -0.15) is 0 Å². The van der Waals surface area contributed by atoms with E-state index in [0.29, 0.717) is 0 Å². The van der Waals surface area contributed by atoms with E-state index in [4.69, 9.17) is 5.11 Å². The van der Waals surface area contributed by atoms with E-state index in [1.54, 1.807) is 21.0 Å². The summed E-state index contributed by atoms with van der Waals surface area (Å²) in [5.74, 6) is -1.67. The maximum absolute atomic E-state index is 11.7. The first-order chi connectivity index (χ1) is 9.25. The molecule has 1 atom stereocenters. The second-order valence-electron chi connectivity index (χ2n) is 4.36. The quantitative estimate of drug-likeness (QED) is 0.619. The van der Waals surface area contributed by atoms with Crippen molar-refractivity contribution in [1.82, 2.24) is 4.90 Å². The molecule has 0 aliphatic carbocycles. The average molecular weight is 281 g/mol. The highest BCUT2D eigenvalue weighted by atomic mass is 16.6. The summed E-state index contributed by atoms with van der Waals surface area (Å²) in [5.41, 5.74) is -0.986. The molecule has 0 aromatic heterocycles. The predicted molar refractivity (Wildman–Crippen MR) is 71.8 cm³/mol. The summed E-state index contributed by atoms with van der Waals surface area (Å²) in [7, 11) is 3.12. The third-order valence-corrected chi connectivity index (χ3v) is 2.63. The van der Waals surface area contributed by atoms with Crippen LogP contribution in [0, 0.1) is 10.1 Å². The lowest BCUT2D eigenvalue weighted by Gasteiger charge is -2.19. The lowest BCUT2D eigenvalue weighted by Crippen LogP contribution is -2.36. The van der Waals surface area contributed by atoms with Crippen molar-refractivity contribution < 1.29 is 19.6 Å². The summed E-state index contributed by atoms with van der Waals surface area (Å²) in [5, 5.41) is 22.7. The number of carboxylic acid groups (broad SMARTS) is 1. The second kappa shape index (κ2) is 6.00. The molecule has 0 aliphatic heterocycles. The van der Waals surface area contributed by atoms with Gasteiger partial charge < -0.3 is 15.3 Å². The number of hydrogen-bond donors (Lipinski definition) is 2. The van der Waals surface area contributed by atoms with Crippen molar-refractivity contribution in [3.63, 3.8) is 0 Å². The Morgan fingerprint density at radius 1 is 1.40 bits per heavy atom. The molecule has 0 spiro atoms. The number of aromatic carboxylic acids is 1. The van der Waals surface area contributed by atoms with Crippen molar-refractivity contribution in [2.24, 2.45) is 0 Å². The van der Waals surface area contributed by atoms with Gasteiger partial charge in [0.25, 0.3) is 0 Å². The summed E-state index contributed by atoms with van der Waals surface area (Å²) in [6.07, 6.45) is 0. The number of nitro benzene ring substituents is 1. The van der Waals surface area contributed by atoms with Gasteiger partial charge in [-0.25, -0.2) is 4.79 Å². The zero-order chi connectivity index (χ0) is 15.4. The highest BCUT2D eigenvalue weighted by Crippen LogP contribution is 2.29. The number of carboxylic acids is 1. The van der Waals surface area contributed by atoms with Crippen LogP contribution in [0.4, 0.5) is 11.4 Å². The van der Waals surface area contributed by atoms with Crippen LogP contribution >= 0.6 is 0 Å². The number of para-hydroxylation sites is 1. The topological polar surface area (TPSA) is 113 Å². The smallest absolute Gasteiger partial charge is 0.342 e. The Labute approximate surface area is 115 Å². The molecule has 0 fully saturated rings. The van der Waals surface area contributed by atoms with Gasteiger partial charge in [-0.15, -0.1) is 0 Å². The normalized spacial score (nSPS) is 11.6. The third-order valence-electron chi connectivity index (χ3n) is 2.63. The van der Waals surface area contributed by atoms with Crippen molar-refractivity contribution in [1.29, 1.82) is 0 Å². The van der Waals surface area contributed by atoms with E-state index in [9.17, 15) is 19.7 Å². The van der Waals surface area contributed by atoms with Gasteiger partial charge in [-0.1, -0.05) is 6.07 Å². The third kappa shape index (κ3) is 3.22. The van der Waals surface area contributed by atoms with E-state index in [1.807, 2.05) is 0 Å². The number of nitro groups is 1. The van der Waals surface area contributed by atoms with Crippen molar-refractivity contribution in [2.45, 2.75) is 13.0 Å². The molecule has 1 amide bonds. The van der Waals surface area contributed by atoms with Crippen LogP contribution in [0.5, 0.6) is 0 Å². The number of nitrogens with zero attached hydrogens (tertiary/aromatic N) is 2. The molecular formula is C12H15N3O5. The fourth-order valence-corrected chi connectivity index (χ4v) is 1.71. The number of nitrogens with one attached hydrogen (secondary N) is 1. The first-order valence-electron chi connectivity index (χ1n) is 5.74. The molecule has 0 saturated carbocycles. The van der Waals surface area contributed by atoms with Crippen LogP contribution in [0.25, 0.3) is 0 Å². The molecule has 0 radical (unpaired) electrons. The Bertz CT molecular complexity index is 556. The highest BCUT2D eigenvalue weighted by molar-refractivity contribution is 5.96. The largest absolute Gasteiger partial charge is 0.477 e. The molecule has 2 N–H and O–H groups in total. The fourth-order valence-electron chi connectivity index (χ4n) is 1.71. The average Bonchev–Trinajstić information content (AvgIpc) is 2.36. The van der Waals surface area contributed by atoms with Crippen LogP contribution in [0.15, 0.2) is 18.2 Å². The minimum Gasteiger partial charge on any atom is -0.477 e. The lowest BCUT2D eigenvalue weighted by molar-refractivity contribution is -0.384. The van der Waals surface area contributed by atoms with E-state index in [0.717, 1.165) is 6.07 Å². The summed E-state index contributed by atoms with van der Waals surface area (Å²) in [4.78, 5) is 34.3. The lowest BCUT2D eigenvalue weighted by atomic mass is 10.1. The van der Waals surface area contributed by atoms with Crippen LogP contribution in [0.2, 0.25) is 0 Å². The number of rotatable bonds is 5. The van der Waals surface area contributed by atoms with Crippen LogP contribution in [-0.2, 0) is 4.79 Å². The fraction of sp³-hybridized carbons (Fsp3) is 0.333. The van der Waals surface area contributed by atoms with Gasteiger partial charge in [-0.05, 0) is 19.1 Å². The van der Waals surface area contributed by atoms with Gasteiger partial charge in [0.05, 0.1) is 4.92 Å². The van der Waals surface area contributed by atoms with Crippen LogP contribution < -0.4 is 5.32 Å². The number of hydrogen-bond acceptors (Lipinski definition) is 5. The van der Waals surface area contributed by atoms with Gasteiger partial charge in [-0.3, -0.25) is 14.9 Å². The first-order valence-corrected chi connectivity index (χ1v) is 5.74. The van der Waals surface area contributed by atoms with Gasteiger partial charge in [0.2, 0.25) is 5.91 Å². The van der Waals surface area contributed by atoms with E-state index in [1.165, 1.54) is 17.0 Å². The number of anilines is 1. The maximum atomic E-state index is 11.7. The molecular weight excluding hydrogens is 266 g/mol. The van der Waals surface area contributed by atoms with Crippen LogP contribution in [0.1, 0.15) is 17.3 Å². The molecule has 1 rings (SSSR count). The van der Waals surface area contributed by atoms with Crippen molar-refractivity contribution >= 4 is 23.3 Å². The van der Waals surface area contributed by atoms with Gasteiger partial charge in [0.1, 0.15) is 17.3 Å². The molecule has 1 aromatic rings. The molecule has 1 aromatic carbocycles. The molecule has 1 unspecified atom stereocenters. The highest BCUT2D eigenvalue weighted by Gasteiger charge is 2.26. The van der Waals surface area contributed by atoms with Gasteiger partial charge in [0, 0.05) is 14.1 Å². The number of likely N-dealkylation sites (N-methyl/N-ethyl adjacent to an activating group) is 1. The second-order valence-corrected chi connectivity index (χ2v) is 4.36. The zero-order valence-corrected chi connectivity index (χ0v) is 11.3. The first kappa shape index (κ1) is 15.4. The van der Waals surface area contributed by atoms with E-state index in [2.05, 4.69) is 5.32 Å². The Hall–Kier alpha value is -2.64. The summed E-state index contributed by atoms with van der Waals surface area (Å²) < 4.78 is 0. The molecule has 108 valence electrons. The summed E-state index contributed by atoms with van der Waals surface area (Å²) in [6.45, 7) is 1.54. The Morgan fingerprint density at radius 2 is 2.00 bits per heavy atom. The predicted octanol–water partition coefficient (Wildman–Crippen LogP) is 1.18. The van der Waals surface area contributed by atoms with Crippen molar-refractivity contribution in [2.75, 3.05) is 19.4 Å². The van der Waals surface area contributed by atoms with Crippen molar-refractivity contribution in [3.05, 3.63) is 33.9 Å². The van der Waals surface area contributed by atoms with Crippen molar-refractivity contribution in [3.8, 4) is 0 Å². The molecule has 0 saturated heterocycles. The van der Waals surface area contributed by atoms with E-state index in [-0.39, 0.29) is 11.6 Å². The zero-order valence-electron chi connectivity index (χ0n) is 11.3. The Morgan fingerprint density at radius 3 is 2.45 bits per heavy atom. The molecule has 8 heteroatoms. The SMILES string of the molecule is CC(Nc1cccc(C(=O)O)c1[N+](=O)[O-])C(=O)N(C)C. The number of carbonyl (C=O) groups is 2. The summed E-state index contributed by atoms with van der Waals surface area (Å²) in [6, 6.07) is 3.17. The molecule has 0 bridgehead atoms. The maximum Gasteiger partial charge on any atom is 0.342 e. The Kier molecular flexibility index (Phi) is 4.63. The minimum absolute atomic E-state index is 0.00222. The van der Waals surface area contributed by atoms with Gasteiger partial charge in [0.15, 0.2) is 0 Å². The molecule has 8 nitrogen and oxygen atoms in total. The number of carbonyl (C=O) groups excluding carboxylic acids is 1. The van der Waals surface area contributed by atoms with Crippen LogP contribution in [-0.4, -0.2) is 46.9 Å².